The number of hydrogen-bond acceptors (Lipinski definition) is 7. The van der Waals surface area contributed by atoms with Gasteiger partial charge in [0.1, 0.15) is 5.75 Å². The molecule has 1 N–H and O–H groups in total. The highest BCUT2D eigenvalue weighted by atomic mass is 35.5. The Bertz CT molecular complexity index is 868. The zero-order valence-corrected chi connectivity index (χ0v) is 15.7. The van der Waals surface area contributed by atoms with Crippen molar-refractivity contribution in [2.75, 3.05) is 37.5 Å². The Morgan fingerprint density at radius 3 is 2.63 bits per heavy atom. The number of rotatable bonds is 5. The predicted molar refractivity (Wildman–Crippen MR) is 101 cm³/mol. The number of carbonyl (C=O) groups excluding carboxylic acids is 2. The first kappa shape index (κ1) is 18.9. The van der Waals surface area contributed by atoms with E-state index >= 15 is 0 Å². The van der Waals surface area contributed by atoms with Gasteiger partial charge in [-0.3, -0.25) is 4.79 Å². The van der Waals surface area contributed by atoms with Crippen LogP contribution in [0.4, 0.5) is 11.6 Å². The molecular weight excluding hydrogens is 372 g/mol. The molecule has 9 heteroatoms. The smallest absolute Gasteiger partial charge is 0.340 e. The fourth-order valence-corrected chi connectivity index (χ4v) is 2.98. The third kappa shape index (κ3) is 4.11. The number of nitrogens with zero attached hydrogens (tertiary/aromatic N) is 3. The van der Waals surface area contributed by atoms with Crippen LogP contribution in [0.1, 0.15) is 33.7 Å². The van der Waals surface area contributed by atoms with Gasteiger partial charge in [0.2, 0.25) is 5.95 Å². The van der Waals surface area contributed by atoms with Crippen molar-refractivity contribution in [3.8, 4) is 5.75 Å². The molecule has 1 amide bonds. The lowest BCUT2D eigenvalue weighted by atomic mass is 10.1. The summed E-state index contributed by atoms with van der Waals surface area (Å²) in [5.74, 6) is -0.219. The second kappa shape index (κ2) is 8.22. The Balaban J connectivity index is 1.89. The van der Waals surface area contributed by atoms with E-state index in [9.17, 15) is 9.59 Å². The lowest BCUT2D eigenvalue weighted by Gasteiger charge is -2.16. The molecular formula is C18H19ClN4O4. The van der Waals surface area contributed by atoms with E-state index in [4.69, 9.17) is 21.1 Å². The molecule has 142 valence electrons. The lowest BCUT2D eigenvalue weighted by Crippen LogP contribution is -2.23. The van der Waals surface area contributed by atoms with Crippen LogP contribution in [0.15, 0.2) is 24.4 Å². The quantitative estimate of drug-likeness (QED) is 0.784. The van der Waals surface area contributed by atoms with Gasteiger partial charge < -0.3 is 19.7 Å². The van der Waals surface area contributed by atoms with Crippen LogP contribution in [-0.2, 0) is 4.74 Å². The highest BCUT2D eigenvalue weighted by Crippen LogP contribution is 2.25. The van der Waals surface area contributed by atoms with E-state index in [1.165, 1.54) is 26.5 Å². The van der Waals surface area contributed by atoms with E-state index in [2.05, 4.69) is 15.3 Å². The van der Waals surface area contributed by atoms with Gasteiger partial charge in [0.25, 0.3) is 5.91 Å². The summed E-state index contributed by atoms with van der Waals surface area (Å²) in [5.41, 5.74) is 0.473. The first-order chi connectivity index (χ1) is 13.0. The van der Waals surface area contributed by atoms with E-state index in [1.807, 2.05) is 4.90 Å². The van der Waals surface area contributed by atoms with Crippen LogP contribution in [0.2, 0.25) is 5.02 Å². The largest absolute Gasteiger partial charge is 0.497 e. The number of methoxy groups -OCH3 is 2. The summed E-state index contributed by atoms with van der Waals surface area (Å²) in [5, 5.41) is 2.79. The molecule has 0 radical (unpaired) electrons. The minimum absolute atomic E-state index is 0.0419. The third-order valence-electron chi connectivity index (χ3n) is 4.22. The Morgan fingerprint density at radius 2 is 1.96 bits per heavy atom. The van der Waals surface area contributed by atoms with Crippen LogP contribution in [0.3, 0.4) is 0 Å². The lowest BCUT2D eigenvalue weighted by molar-refractivity contribution is 0.0601. The number of nitrogens with one attached hydrogen (secondary N) is 1. The van der Waals surface area contributed by atoms with Crippen molar-refractivity contribution >= 4 is 35.1 Å². The van der Waals surface area contributed by atoms with Crippen molar-refractivity contribution in [1.29, 1.82) is 0 Å². The molecule has 1 aromatic carbocycles. The minimum atomic E-state index is -0.601. The van der Waals surface area contributed by atoms with Gasteiger partial charge in [-0.25, -0.2) is 14.8 Å². The van der Waals surface area contributed by atoms with Crippen molar-refractivity contribution in [2.45, 2.75) is 12.8 Å². The third-order valence-corrected chi connectivity index (χ3v) is 4.49. The molecule has 0 unspecified atom stereocenters. The maximum Gasteiger partial charge on any atom is 0.340 e. The average molecular weight is 391 g/mol. The van der Waals surface area contributed by atoms with Crippen LogP contribution in [-0.4, -0.2) is 49.2 Å². The second-order valence-electron chi connectivity index (χ2n) is 5.92. The standard InChI is InChI=1S/C18H19ClN4O4/c1-26-11-5-6-14(12(9-11)17(25)27-2)21-16(24)15-13(19)10-20-18(22-15)23-7-3-4-8-23/h5-6,9-10H,3-4,7-8H2,1-2H3,(H,21,24). The predicted octanol–water partition coefficient (Wildman–Crippen LogP) is 2.78. The maximum absolute atomic E-state index is 12.7. The Labute approximate surface area is 161 Å². The first-order valence-electron chi connectivity index (χ1n) is 8.38. The molecule has 2 aromatic rings. The molecule has 0 saturated carbocycles. The summed E-state index contributed by atoms with van der Waals surface area (Å²) in [7, 11) is 2.74. The number of carbonyl (C=O) groups is 2. The van der Waals surface area contributed by atoms with Crippen molar-refractivity contribution in [2.24, 2.45) is 0 Å². The molecule has 1 fully saturated rings. The van der Waals surface area contributed by atoms with E-state index in [-0.39, 0.29) is 22.0 Å². The molecule has 1 aliphatic rings. The van der Waals surface area contributed by atoms with E-state index in [1.54, 1.807) is 12.1 Å². The fourth-order valence-electron chi connectivity index (χ4n) is 2.81. The number of anilines is 2. The molecule has 8 nitrogen and oxygen atoms in total. The number of aromatic nitrogens is 2. The SMILES string of the molecule is COC(=O)c1cc(OC)ccc1NC(=O)c1nc(N2CCCC2)ncc1Cl. The van der Waals surface area contributed by atoms with Gasteiger partial charge >= 0.3 is 5.97 Å². The molecule has 0 aliphatic carbocycles. The summed E-state index contributed by atoms with van der Waals surface area (Å²) in [4.78, 5) is 35.3. The number of ether oxygens (including phenoxy) is 2. The van der Waals surface area contributed by atoms with E-state index in [0.717, 1.165) is 25.9 Å². The van der Waals surface area contributed by atoms with Gasteiger partial charge in [-0.15, -0.1) is 0 Å². The number of hydrogen-bond donors (Lipinski definition) is 1. The highest BCUT2D eigenvalue weighted by Gasteiger charge is 2.21. The normalized spacial score (nSPS) is 13.4. The Kier molecular flexibility index (Phi) is 5.75. The van der Waals surface area contributed by atoms with Gasteiger partial charge in [0.05, 0.1) is 36.7 Å². The summed E-state index contributed by atoms with van der Waals surface area (Å²) in [6.45, 7) is 1.68. The van der Waals surface area contributed by atoms with E-state index in [0.29, 0.717) is 11.7 Å². The topological polar surface area (TPSA) is 93.6 Å². The molecule has 3 rings (SSSR count). The molecule has 27 heavy (non-hydrogen) atoms. The van der Waals surface area contributed by atoms with Gasteiger partial charge in [-0.1, -0.05) is 11.6 Å². The van der Waals surface area contributed by atoms with Gasteiger partial charge in [0.15, 0.2) is 5.69 Å². The average Bonchev–Trinajstić information content (AvgIpc) is 3.22. The highest BCUT2D eigenvalue weighted by molar-refractivity contribution is 6.34. The number of halogens is 1. The summed E-state index contributed by atoms with van der Waals surface area (Å²) < 4.78 is 9.89. The van der Waals surface area contributed by atoms with Crippen LogP contribution in [0.25, 0.3) is 0 Å². The summed E-state index contributed by atoms with van der Waals surface area (Å²) in [6.07, 6.45) is 3.52. The number of benzene rings is 1. The minimum Gasteiger partial charge on any atom is -0.497 e. The zero-order chi connectivity index (χ0) is 19.4. The second-order valence-corrected chi connectivity index (χ2v) is 6.33. The Hall–Kier alpha value is -2.87. The first-order valence-corrected chi connectivity index (χ1v) is 8.76. The van der Waals surface area contributed by atoms with Crippen molar-refractivity contribution < 1.29 is 19.1 Å². The summed E-state index contributed by atoms with van der Waals surface area (Å²) >= 11 is 6.13. The van der Waals surface area contributed by atoms with Crippen LogP contribution in [0, 0.1) is 0 Å². The van der Waals surface area contributed by atoms with Crippen molar-refractivity contribution in [3.05, 3.63) is 40.7 Å². The zero-order valence-electron chi connectivity index (χ0n) is 15.0. The monoisotopic (exact) mass is 390 g/mol. The Morgan fingerprint density at radius 1 is 1.22 bits per heavy atom. The van der Waals surface area contributed by atoms with Gasteiger partial charge in [-0.05, 0) is 31.0 Å². The molecule has 1 aromatic heterocycles. The molecule has 2 heterocycles. The van der Waals surface area contributed by atoms with Crippen LogP contribution >= 0.6 is 11.6 Å². The van der Waals surface area contributed by atoms with Crippen LogP contribution < -0.4 is 15.0 Å². The number of esters is 1. The van der Waals surface area contributed by atoms with Gasteiger partial charge in [-0.2, -0.15) is 0 Å². The molecule has 0 atom stereocenters. The molecule has 0 bridgehead atoms. The van der Waals surface area contributed by atoms with Crippen LogP contribution in [0.5, 0.6) is 5.75 Å². The maximum atomic E-state index is 12.7. The fraction of sp³-hybridized carbons (Fsp3) is 0.333. The molecule has 1 saturated heterocycles. The van der Waals surface area contributed by atoms with Gasteiger partial charge in [0, 0.05) is 13.1 Å². The van der Waals surface area contributed by atoms with E-state index < -0.39 is 11.9 Å². The summed E-state index contributed by atoms with van der Waals surface area (Å²) in [6, 6.07) is 4.66. The van der Waals surface area contributed by atoms with Crippen molar-refractivity contribution in [3.63, 3.8) is 0 Å². The number of amides is 1. The molecule has 0 spiro atoms. The molecule has 1 aliphatic heterocycles. The van der Waals surface area contributed by atoms with Crippen molar-refractivity contribution in [1.82, 2.24) is 9.97 Å².